The summed E-state index contributed by atoms with van der Waals surface area (Å²) in [5, 5.41) is 14.3. The second kappa shape index (κ2) is 6.33. The van der Waals surface area contributed by atoms with Crippen LogP contribution >= 0.6 is 0 Å². The van der Waals surface area contributed by atoms with Gasteiger partial charge in [-0.25, -0.2) is 0 Å². The molecule has 1 aliphatic carbocycles. The van der Waals surface area contributed by atoms with Crippen LogP contribution in [0.25, 0.3) is 0 Å². The van der Waals surface area contributed by atoms with E-state index in [0.717, 1.165) is 24.8 Å². The predicted octanol–water partition coefficient (Wildman–Crippen LogP) is 2.68. The van der Waals surface area contributed by atoms with E-state index in [-0.39, 0.29) is 22.3 Å². The normalized spacial score (nSPS) is 18.3. The summed E-state index contributed by atoms with van der Waals surface area (Å²) in [7, 11) is 3.66. The Kier molecular flexibility index (Phi) is 4.73. The lowest BCUT2D eigenvalue weighted by Gasteiger charge is -2.42. The van der Waals surface area contributed by atoms with Crippen molar-refractivity contribution in [2.24, 2.45) is 0 Å². The van der Waals surface area contributed by atoms with E-state index in [4.69, 9.17) is 4.74 Å². The highest BCUT2D eigenvalue weighted by molar-refractivity contribution is 5.40. The second-order valence-corrected chi connectivity index (χ2v) is 5.52. The van der Waals surface area contributed by atoms with Crippen molar-refractivity contribution in [2.75, 3.05) is 14.2 Å². The maximum Gasteiger partial charge on any atom is 0.272 e. The number of nitro groups is 1. The molecule has 1 aromatic rings. The molecule has 0 amide bonds. The molecule has 5 heteroatoms. The summed E-state index contributed by atoms with van der Waals surface area (Å²) in [5.74, 6) is 0. The Bertz CT molecular complexity index is 466. The lowest BCUT2D eigenvalue weighted by molar-refractivity contribution is -0.385. The largest absolute Gasteiger partial charge is 0.378 e. The number of hydrogen-bond acceptors (Lipinski definition) is 4. The van der Waals surface area contributed by atoms with Gasteiger partial charge in [-0.2, -0.15) is 0 Å². The van der Waals surface area contributed by atoms with Crippen molar-refractivity contribution in [3.8, 4) is 0 Å². The fourth-order valence-corrected chi connectivity index (χ4v) is 2.92. The van der Waals surface area contributed by atoms with Gasteiger partial charge in [-0.1, -0.05) is 18.2 Å². The van der Waals surface area contributed by atoms with E-state index in [1.54, 1.807) is 19.2 Å². The molecular formula is C15H22N2O3. The van der Waals surface area contributed by atoms with Gasteiger partial charge in [0.1, 0.15) is 0 Å². The van der Waals surface area contributed by atoms with E-state index in [1.165, 1.54) is 6.42 Å². The van der Waals surface area contributed by atoms with Gasteiger partial charge < -0.3 is 10.1 Å². The zero-order chi connectivity index (χ0) is 14.6. The molecule has 1 aromatic carbocycles. The molecule has 110 valence electrons. The van der Waals surface area contributed by atoms with E-state index < -0.39 is 0 Å². The first-order valence-electron chi connectivity index (χ1n) is 7.05. The van der Waals surface area contributed by atoms with Crippen LogP contribution in [0.5, 0.6) is 0 Å². The maximum absolute atomic E-state index is 11.1. The van der Waals surface area contributed by atoms with Crippen molar-refractivity contribution in [1.82, 2.24) is 5.32 Å². The van der Waals surface area contributed by atoms with Crippen molar-refractivity contribution >= 4 is 5.69 Å². The van der Waals surface area contributed by atoms with Gasteiger partial charge in [-0.15, -0.1) is 0 Å². The molecule has 1 atom stereocenters. The molecular weight excluding hydrogens is 256 g/mol. The lowest BCUT2D eigenvalue weighted by Crippen LogP contribution is -2.45. The number of hydrogen-bond donors (Lipinski definition) is 1. The minimum atomic E-state index is -0.308. The summed E-state index contributed by atoms with van der Waals surface area (Å²) < 4.78 is 5.65. The van der Waals surface area contributed by atoms with E-state index >= 15 is 0 Å². The minimum absolute atomic E-state index is 0.0305. The number of ether oxygens (including phenoxy) is 1. The molecule has 1 fully saturated rings. The summed E-state index contributed by atoms with van der Waals surface area (Å²) >= 11 is 0. The monoisotopic (exact) mass is 278 g/mol. The fraction of sp³-hybridized carbons (Fsp3) is 0.600. The van der Waals surface area contributed by atoms with Gasteiger partial charge in [0.05, 0.1) is 10.5 Å². The third kappa shape index (κ3) is 3.16. The molecule has 1 saturated carbocycles. The first-order chi connectivity index (χ1) is 9.60. The average Bonchev–Trinajstić information content (AvgIpc) is 2.41. The van der Waals surface area contributed by atoms with Crippen LogP contribution in [0.1, 0.15) is 31.2 Å². The van der Waals surface area contributed by atoms with Gasteiger partial charge in [0.25, 0.3) is 5.69 Å². The van der Waals surface area contributed by atoms with Crippen LogP contribution in [0.15, 0.2) is 24.3 Å². The number of rotatable bonds is 7. The molecule has 0 bridgehead atoms. The van der Waals surface area contributed by atoms with Crippen LogP contribution in [-0.4, -0.2) is 30.7 Å². The van der Waals surface area contributed by atoms with Crippen molar-refractivity contribution in [2.45, 2.75) is 43.7 Å². The molecule has 1 N–H and O–H groups in total. The number of benzene rings is 1. The lowest BCUT2D eigenvalue weighted by atomic mass is 9.75. The van der Waals surface area contributed by atoms with Gasteiger partial charge in [-0.3, -0.25) is 10.1 Å². The molecule has 0 radical (unpaired) electrons. The molecule has 0 heterocycles. The molecule has 20 heavy (non-hydrogen) atoms. The summed E-state index contributed by atoms with van der Waals surface area (Å²) in [6.45, 7) is 0. The Labute approximate surface area is 119 Å². The van der Waals surface area contributed by atoms with Gasteiger partial charge >= 0.3 is 0 Å². The SMILES string of the molecule is CNC(Cc1ccccc1[N+](=O)[O-])CC1(OC)CCC1. The molecule has 1 unspecified atom stereocenters. The van der Waals surface area contributed by atoms with Crippen LogP contribution in [0.4, 0.5) is 5.69 Å². The number of nitrogens with one attached hydrogen (secondary N) is 1. The summed E-state index contributed by atoms with van der Waals surface area (Å²) in [6, 6.07) is 7.15. The van der Waals surface area contributed by atoms with Crippen molar-refractivity contribution < 1.29 is 9.66 Å². The van der Waals surface area contributed by atoms with E-state index in [0.29, 0.717) is 6.42 Å². The van der Waals surface area contributed by atoms with Crippen LogP contribution in [-0.2, 0) is 11.2 Å². The number of nitro benzene ring substituents is 1. The molecule has 2 rings (SSSR count). The van der Waals surface area contributed by atoms with Crippen molar-refractivity contribution in [3.63, 3.8) is 0 Å². The van der Waals surface area contributed by atoms with Crippen LogP contribution < -0.4 is 5.32 Å². The molecule has 0 spiro atoms. The van der Waals surface area contributed by atoms with Crippen molar-refractivity contribution in [1.29, 1.82) is 0 Å². The van der Waals surface area contributed by atoms with Crippen LogP contribution in [0.2, 0.25) is 0 Å². The third-order valence-electron chi connectivity index (χ3n) is 4.38. The molecule has 0 saturated heterocycles. The standard InChI is InChI=1S/C15H22N2O3/c1-16-13(11-15(20-2)8-5-9-15)10-12-6-3-4-7-14(12)17(18)19/h3-4,6-7,13,16H,5,8-11H2,1-2H3. The van der Waals surface area contributed by atoms with Gasteiger partial charge in [0, 0.05) is 24.8 Å². The van der Waals surface area contributed by atoms with E-state index in [9.17, 15) is 10.1 Å². The Morgan fingerprint density at radius 2 is 2.15 bits per heavy atom. The van der Waals surface area contributed by atoms with Crippen LogP contribution in [0.3, 0.4) is 0 Å². The Morgan fingerprint density at radius 1 is 1.45 bits per heavy atom. The Balaban J connectivity index is 2.08. The quantitative estimate of drug-likeness (QED) is 0.615. The highest BCUT2D eigenvalue weighted by Crippen LogP contribution is 2.39. The first-order valence-corrected chi connectivity index (χ1v) is 7.05. The number of likely N-dealkylation sites (N-methyl/N-ethyl adjacent to an activating group) is 1. The molecule has 0 aliphatic heterocycles. The molecule has 0 aromatic heterocycles. The van der Waals surface area contributed by atoms with Gasteiger partial charge in [0.15, 0.2) is 0 Å². The van der Waals surface area contributed by atoms with E-state index in [2.05, 4.69) is 5.32 Å². The third-order valence-corrected chi connectivity index (χ3v) is 4.38. The fourth-order valence-electron chi connectivity index (χ4n) is 2.92. The number of para-hydroxylation sites is 1. The molecule has 1 aliphatic rings. The number of nitrogens with zero attached hydrogens (tertiary/aromatic N) is 1. The highest BCUT2D eigenvalue weighted by Gasteiger charge is 2.39. The highest BCUT2D eigenvalue weighted by atomic mass is 16.6. The number of methoxy groups -OCH3 is 1. The van der Waals surface area contributed by atoms with Crippen molar-refractivity contribution in [3.05, 3.63) is 39.9 Å². The summed E-state index contributed by atoms with van der Waals surface area (Å²) in [5.41, 5.74) is 0.951. The zero-order valence-electron chi connectivity index (χ0n) is 12.1. The maximum atomic E-state index is 11.1. The Morgan fingerprint density at radius 3 is 2.65 bits per heavy atom. The Hall–Kier alpha value is -1.46. The summed E-state index contributed by atoms with van der Waals surface area (Å²) in [4.78, 5) is 10.8. The van der Waals surface area contributed by atoms with E-state index in [1.807, 2.05) is 19.2 Å². The topological polar surface area (TPSA) is 64.4 Å². The zero-order valence-corrected chi connectivity index (χ0v) is 12.1. The van der Waals surface area contributed by atoms with Crippen LogP contribution in [0, 0.1) is 10.1 Å². The second-order valence-electron chi connectivity index (χ2n) is 5.52. The minimum Gasteiger partial charge on any atom is -0.378 e. The first kappa shape index (κ1) is 14.9. The smallest absolute Gasteiger partial charge is 0.272 e. The molecule has 5 nitrogen and oxygen atoms in total. The predicted molar refractivity (Wildman–Crippen MR) is 77.9 cm³/mol. The summed E-state index contributed by atoms with van der Waals surface area (Å²) in [6.07, 6.45) is 4.91. The van der Waals surface area contributed by atoms with Gasteiger partial charge in [-0.05, 0) is 39.2 Å². The average molecular weight is 278 g/mol. The van der Waals surface area contributed by atoms with Gasteiger partial charge in [0.2, 0.25) is 0 Å².